The van der Waals surface area contributed by atoms with Gasteiger partial charge in [-0.05, 0) is 24.5 Å². The van der Waals surface area contributed by atoms with Gasteiger partial charge in [-0.2, -0.15) is 0 Å². The summed E-state index contributed by atoms with van der Waals surface area (Å²) in [5.41, 5.74) is 7.50. The second-order valence-corrected chi connectivity index (χ2v) is 5.00. The Morgan fingerprint density at radius 1 is 1.20 bits per heavy atom. The van der Waals surface area contributed by atoms with Gasteiger partial charge in [0.2, 0.25) is 5.91 Å². The first-order valence-corrected chi connectivity index (χ1v) is 7.16. The molecule has 3 heteroatoms. The number of amides is 1. The van der Waals surface area contributed by atoms with Gasteiger partial charge in [0.15, 0.2) is 0 Å². The van der Waals surface area contributed by atoms with Crippen LogP contribution in [-0.4, -0.2) is 5.91 Å². The standard InChI is InChI=1S/C17H21NO2/c1-2-3-7-14-12-15(10-11-16(18)19)20-17(14)13-8-5-4-6-9-13/h4-6,8-9,12H,2-3,7,10-11H2,1H3,(H2,18,19). The molecule has 0 saturated carbocycles. The van der Waals surface area contributed by atoms with Crippen LogP contribution in [0.4, 0.5) is 0 Å². The van der Waals surface area contributed by atoms with Gasteiger partial charge in [0.05, 0.1) is 0 Å². The van der Waals surface area contributed by atoms with Gasteiger partial charge in [0.1, 0.15) is 11.5 Å². The predicted molar refractivity (Wildman–Crippen MR) is 80.3 cm³/mol. The summed E-state index contributed by atoms with van der Waals surface area (Å²) in [6.07, 6.45) is 4.18. The number of hydrogen-bond acceptors (Lipinski definition) is 2. The van der Waals surface area contributed by atoms with Gasteiger partial charge in [0.25, 0.3) is 0 Å². The molecule has 106 valence electrons. The third kappa shape index (κ3) is 3.73. The molecule has 0 fully saturated rings. The van der Waals surface area contributed by atoms with Crippen molar-refractivity contribution in [2.24, 2.45) is 5.73 Å². The normalized spacial score (nSPS) is 10.7. The third-order valence-electron chi connectivity index (χ3n) is 3.31. The minimum absolute atomic E-state index is 0.294. The number of aryl methyl sites for hydroxylation is 2. The van der Waals surface area contributed by atoms with Crippen LogP contribution in [0.2, 0.25) is 0 Å². The lowest BCUT2D eigenvalue weighted by atomic mass is 10.0. The van der Waals surface area contributed by atoms with E-state index in [0.29, 0.717) is 12.8 Å². The van der Waals surface area contributed by atoms with E-state index >= 15 is 0 Å². The largest absolute Gasteiger partial charge is 0.461 e. The van der Waals surface area contributed by atoms with Crippen molar-refractivity contribution < 1.29 is 9.21 Å². The fraction of sp³-hybridized carbons (Fsp3) is 0.353. The van der Waals surface area contributed by atoms with Crippen LogP contribution in [0.25, 0.3) is 11.3 Å². The average molecular weight is 271 g/mol. The summed E-state index contributed by atoms with van der Waals surface area (Å²) in [7, 11) is 0. The molecule has 2 N–H and O–H groups in total. The minimum atomic E-state index is -0.294. The fourth-order valence-electron chi connectivity index (χ4n) is 2.24. The van der Waals surface area contributed by atoms with Crippen molar-refractivity contribution in [3.05, 3.63) is 47.7 Å². The number of nitrogens with two attached hydrogens (primary N) is 1. The number of rotatable bonds is 7. The summed E-state index contributed by atoms with van der Waals surface area (Å²) in [5.74, 6) is 1.48. The second-order valence-electron chi connectivity index (χ2n) is 5.00. The quantitative estimate of drug-likeness (QED) is 0.834. The summed E-state index contributed by atoms with van der Waals surface area (Å²) >= 11 is 0. The van der Waals surface area contributed by atoms with Gasteiger partial charge in [-0.3, -0.25) is 4.79 Å². The number of carbonyl (C=O) groups excluding carboxylic acids is 1. The molecule has 1 heterocycles. The van der Waals surface area contributed by atoms with Gasteiger partial charge in [-0.25, -0.2) is 0 Å². The molecule has 1 aromatic carbocycles. The Morgan fingerprint density at radius 3 is 2.60 bits per heavy atom. The maximum absolute atomic E-state index is 10.9. The zero-order valence-corrected chi connectivity index (χ0v) is 11.9. The van der Waals surface area contributed by atoms with Gasteiger partial charge < -0.3 is 10.2 Å². The van der Waals surface area contributed by atoms with Crippen molar-refractivity contribution in [2.75, 3.05) is 0 Å². The summed E-state index contributed by atoms with van der Waals surface area (Å²) in [4.78, 5) is 10.9. The topological polar surface area (TPSA) is 56.2 Å². The Morgan fingerprint density at radius 2 is 1.95 bits per heavy atom. The Kier molecular flexibility index (Phi) is 4.99. The first-order valence-electron chi connectivity index (χ1n) is 7.16. The first-order chi connectivity index (χ1) is 9.70. The van der Waals surface area contributed by atoms with E-state index in [-0.39, 0.29) is 5.91 Å². The third-order valence-corrected chi connectivity index (χ3v) is 3.31. The van der Waals surface area contributed by atoms with Crippen LogP contribution in [0, 0.1) is 0 Å². The molecular formula is C17H21NO2. The van der Waals surface area contributed by atoms with Gasteiger partial charge in [-0.15, -0.1) is 0 Å². The highest BCUT2D eigenvalue weighted by molar-refractivity contribution is 5.74. The Bertz CT molecular complexity index is 558. The number of unbranched alkanes of at least 4 members (excludes halogenated alkanes) is 1. The Balaban J connectivity index is 2.25. The van der Waals surface area contributed by atoms with Crippen LogP contribution in [0.1, 0.15) is 37.5 Å². The van der Waals surface area contributed by atoms with Gasteiger partial charge in [-0.1, -0.05) is 43.7 Å². The monoisotopic (exact) mass is 271 g/mol. The highest BCUT2D eigenvalue weighted by Gasteiger charge is 2.13. The summed E-state index contributed by atoms with van der Waals surface area (Å²) in [5, 5.41) is 0. The molecule has 0 unspecified atom stereocenters. The molecule has 1 amide bonds. The number of primary amides is 1. The van der Waals surface area contributed by atoms with E-state index in [9.17, 15) is 4.79 Å². The summed E-state index contributed by atoms with van der Waals surface area (Å²) in [6, 6.07) is 12.2. The second kappa shape index (κ2) is 6.94. The molecule has 0 spiro atoms. The van der Waals surface area contributed by atoms with Crippen LogP contribution >= 0.6 is 0 Å². The van der Waals surface area contributed by atoms with Crippen molar-refractivity contribution >= 4 is 5.91 Å². The van der Waals surface area contributed by atoms with Crippen molar-refractivity contribution in [3.8, 4) is 11.3 Å². The fourth-order valence-corrected chi connectivity index (χ4v) is 2.24. The molecule has 0 aliphatic rings. The molecule has 2 rings (SSSR count). The zero-order valence-electron chi connectivity index (χ0n) is 11.9. The van der Waals surface area contributed by atoms with Crippen LogP contribution < -0.4 is 5.73 Å². The summed E-state index contributed by atoms with van der Waals surface area (Å²) in [6.45, 7) is 2.18. The molecule has 0 aliphatic heterocycles. The first kappa shape index (κ1) is 14.4. The lowest BCUT2D eigenvalue weighted by Gasteiger charge is -2.01. The molecule has 0 saturated heterocycles. The Hall–Kier alpha value is -2.03. The Labute approximate surface area is 119 Å². The van der Waals surface area contributed by atoms with Crippen molar-refractivity contribution in [1.82, 2.24) is 0 Å². The van der Waals surface area contributed by atoms with E-state index in [1.165, 1.54) is 5.56 Å². The number of furan rings is 1. The van der Waals surface area contributed by atoms with Crippen molar-refractivity contribution in [1.29, 1.82) is 0 Å². The van der Waals surface area contributed by atoms with Crippen LogP contribution in [-0.2, 0) is 17.6 Å². The molecule has 2 aromatic rings. The van der Waals surface area contributed by atoms with E-state index in [4.69, 9.17) is 10.2 Å². The number of hydrogen-bond donors (Lipinski definition) is 1. The molecule has 0 bridgehead atoms. The highest BCUT2D eigenvalue weighted by atomic mass is 16.3. The molecule has 20 heavy (non-hydrogen) atoms. The van der Waals surface area contributed by atoms with E-state index in [1.54, 1.807) is 0 Å². The lowest BCUT2D eigenvalue weighted by molar-refractivity contribution is -0.118. The number of benzene rings is 1. The van der Waals surface area contributed by atoms with E-state index in [0.717, 1.165) is 36.3 Å². The molecule has 0 aliphatic carbocycles. The van der Waals surface area contributed by atoms with Gasteiger partial charge in [0, 0.05) is 18.4 Å². The van der Waals surface area contributed by atoms with Crippen LogP contribution in [0.3, 0.4) is 0 Å². The average Bonchev–Trinajstić information content (AvgIpc) is 2.87. The van der Waals surface area contributed by atoms with Crippen molar-refractivity contribution in [2.45, 2.75) is 39.0 Å². The van der Waals surface area contributed by atoms with Crippen LogP contribution in [0.5, 0.6) is 0 Å². The van der Waals surface area contributed by atoms with Crippen molar-refractivity contribution in [3.63, 3.8) is 0 Å². The molecule has 0 atom stereocenters. The van der Waals surface area contributed by atoms with E-state index < -0.39 is 0 Å². The van der Waals surface area contributed by atoms with E-state index in [2.05, 4.69) is 13.0 Å². The number of carbonyl (C=O) groups is 1. The van der Waals surface area contributed by atoms with E-state index in [1.807, 2.05) is 30.3 Å². The molecule has 3 nitrogen and oxygen atoms in total. The van der Waals surface area contributed by atoms with Gasteiger partial charge >= 0.3 is 0 Å². The maximum atomic E-state index is 10.9. The highest BCUT2D eigenvalue weighted by Crippen LogP contribution is 2.29. The summed E-state index contributed by atoms with van der Waals surface area (Å²) < 4.78 is 5.94. The van der Waals surface area contributed by atoms with Crippen LogP contribution in [0.15, 0.2) is 40.8 Å². The molecule has 1 aromatic heterocycles. The molecular weight excluding hydrogens is 250 g/mol. The zero-order chi connectivity index (χ0) is 14.4. The predicted octanol–water partition coefficient (Wildman–Crippen LogP) is 3.71. The lowest BCUT2D eigenvalue weighted by Crippen LogP contribution is -2.10. The maximum Gasteiger partial charge on any atom is 0.217 e. The molecule has 0 radical (unpaired) electrons. The SMILES string of the molecule is CCCCc1cc(CCC(N)=O)oc1-c1ccccc1. The minimum Gasteiger partial charge on any atom is -0.461 e. The smallest absolute Gasteiger partial charge is 0.217 e.